The molecule has 0 bridgehead atoms. The summed E-state index contributed by atoms with van der Waals surface area (Å²) in [7, 11) is 3.28. The van der Waals surface area contributed by atoms with Crippen LogP contribution in [0.5, 0.6) is 11.5 Å². The van der Waals surface area contributed by atoms with Crippen molar-refractivity contribution in [2.75, 3.05) is 27.3 Å². The predicted octanol–water partition coefficient (Wildman–Crippen LogP) is 4.36. The van der Waals surface area contributed by atoms with Crippen LogP contribution in [0.4, 0.5) is 0 Å². The Kier molecular flexibility index (Phi) is 6.71. The summed E-state index contributed by atoms with van der Waals surface area (Å²) in [5, 5.41) is 0. The Morgan fingerprint density at radius 1 is 0.969 bits per heavy atom. The summed E-state index contributed by atoms with van der Waals surface area (Å²) >= 11 is 0. The zero-order chi connectivity index (χ0) is 22.5. The van der Waals surface area contributed by atoms with E-state index in [2.05, 4.69) is 42.2 Å². The number of nitrogens with zero attached hydrogens (tertiary/aromatic N) is 2. The van der Waals surface area contributed by atoms with Gasteiger partial charge in [-0.15, -0.1) is 0 Å². The van der Waals surface area contributed by atoms with Crippen LogP contribution in [0.3, 0.4) is 0 Å². The Balaban J connectivity index is 1.37. The van der Waals surface area contributed by atoms with Gasteiger partial charge in [-0.05, 0) is 47.9 Å². The van der Waals surface area contributed by atoms with Gasteiger partial charge in [0.2, 0.25) is 0 Å². The molecule has 2 heterocycles. The third kappa shape index (κ3) is 4.92. The molecular weight excluding hydrogens is 404 g/mol. The lowest BCUT2D eigenvalue weighted by Crippen LogP contribution is -2.48. The van der Waals surface area contributed by atoms with E-state index in [9.17, 15) is 4.79 Å². The monoisotopic (exact) mass is 432 g/mol. The van der Waals surface area contributed by atoms with Crippen molar-refractivity contribution in [3.8, 4) is 11.5 Å². The summed E-state index contributed by atoms with van der Waals surface area (Å²) in [6.45, 7) is 4.32. The quantitative estimate of drug-likeness (QED) is 0.529. The number of likely N-dealkylation sites (tertiary alicyclic amines) is 1. The number of ether oxygens (including phenoxy) is 3. The number of aromatic nitrogens is 1. The summed E-state index contributed by atoms with van der Waals surface area (Å²) in [5.41, 5.74) is 4.86. The highest BCUT2D eigenvalue weighted by Crippen LogP contribution is 2.35. The minimum absolute atomic E-state index is 0.0516. The van der Waals surface area contributed by atoms with E-state index in [4.69, 9.17) is 14.2 Å². The Labute approximate surface area is 188 Å². The second-order valence-electron chi connectivity index (χ2n) is 8.07. The van der Waals surface area contributed by atoms with Gasteiger partial charge in [0.15, 0.2) is 11.5 Å². The van der Waals surface area contributed by atoms with Crippen LogP contribution in [-0.2, 0) is 18.0 Å². The molecule has 6 heteroatoms. The van der Waals surface area contributed by atoms with Crippen molar-refractivity contribution in [2.24, 2.45) is 0 Å². The lowest BCUT2D eigenvalue weighted by atomic mass is 9.91. The SMILES string of the molecule is COCc1ccnc(C(=O)N2CC(c3ccc(OCc4ccc(C)cc4)c(OC)c3)C2)c1. The molecule has 166 valence electrons. The van der Waals surface area contributed by atoms with Gasteiger partial charge in [-0.2, -0.15) is 0 Å². The van der Waals surface area contributed by atoms with Gasteiger partial charge in [0.25, 0.3) is 5.91 Å². The molecule has 3 aromatic rings. The largest absolute Gasteiger partial charge is 0.493 e. The van der Waals surface area contributed by atoms with Crippen LogP contribution < -0.4 is 9.47 Å². The Bertz CT molecular complexity index is 1080. The molecule has 2 aromatic carbocycles. The maximum atomic E-state index is 12.8. The van der Waals surface area contributed by atoms with Crippen LogP contribution in [0.2, 0.25) is 0 Å². The van der Waals surface area contributed by atoms with Gasteiger partial charge in [0.05, 0.1) is 13.7 Å². The number of pyridine rings is 1. The zero-order valence-electron chi connectivity index (χ0n) is 18.7. The van der Waals surface area contributed by atoms with Crippen molar-refractivity contribution in [3.05, 3.63) is 88.7 Å². The minimum atomic E-state index is -0.0516. The molecule has 4 rings (SSSR count). The summed E-state index contributed by atoms with van der Waals surface area (Å²) in [5.74, 6) is 1.63. The molecule has 1 aliphatic heterocycles. The van der Waals surface area contributed by atoms with Crippen molar-refractivity contribution in [3.63, 3.8) is 0 Å². The Morgan fingerprint density at radius 3 is 2.47 bits per heavy atom. The van der Waals surface area contributed by atoms with Crippen LogP contribution >= 0.6 is 0 Å². The zero-order valence-corrected chi connectivity index (χ0v) is 18.7. The number of rotatable bonds is 8. The highest BCUT2D eigenvalue weighted by Gasteiger charge is 2.33. The number of carbonyl (C=O) groups excluding carboxylic acids is 1. The van der Waals surface area contributed by atoms with Gasteiger partial charge in [-0.25, -0.2) is 0 Å². The molecule has 1 aromatic heterocycles. The molecule has 1 fully saturated rings. The second-order valence-corrected chi connectivity index (χ2v) is 8.07. The van der Waals surface area contributed by atoms with Crippen LogP contribution in [0.25, 0.3) is 0 Å². The summed E-state index contributed by atoms with van der Waals surface area (Å²) in [6, 6.07) is 17.9. The van der Waals surface area contributed by atoms with E-state index >= 15 is 0 Å². The number of carbonyl (C=O) groups is 1. The molecule has 0 spiro atoms. The third-order valence-electron chi connectivity index (χ3n) is 5.70. The fraction of sp³-hybridized carbons (Fsp3) is 0.308. The number of hydrogen-bond donors (Lipinski definition) is 0. The molecular formula is C26H28N2O4. The molecule has 0 saturated carbocycles. The predicted molar refractivity (Wildman–Crippen MR) is 122 cm³/mol. The summed E-state index contributed by atoms with van der Waals surface area (Å²) in [4.78, 5) is 18.8. The fourth-order valence-electron chi connectivity index (χ4n) is 3.77. The van der Waals surface area contributed by atoms with Gasteiger partial charge in [-0.3, -0.25) is 9.78 Å². The number of aryl methyl sites for hydroxylation is 1. The number of methoxy groups -OCH3 is 2. The van der Waals surface area contributed by atoms with E-state index in [1.807, 2.05) is 23.1 Å². The van der Waals surface area contributed by atoms with Gasteiger partial charge in [0.1, 0.15) is 12.3 Å². The average Bonchev–Trinajstić information content (AvgIpc) is 2.78. The van der Waals surface area contributed by atoms with E-state index in [1.165, 1.54) is 5.56 Å². The lowest BCUT2D eigenvalue weighted by Gasteiger charge is -2.39. The molecule has 0 N–H and O–H groups in total. The van der Waals surface area contributed by atoms with Gasteiger partial charge < -0.3 is 19.1 Å². The maximum Gasteiger partial charge on any atom is 0.272 e. The Hall–Kier alpha value is -3.38. The van der Waals surface area contributed by atoms with E-state index in [1.54, 1.807) is 26.5 Å². The first kappa shape index (κ1) is 21.8. The number of benzene rings is 2. The molecule has 1 saturated heterocycles. The molecule has 0 radical (unpaired) electrons. The minimum Gasteiger partial charge on any atom is -0.493 e. The van der Waals surface area contributed by atoms with Crippen LogP contribution in [0, 0.1) is 6.92 Å². The molecule has 1 amide bonds. The first-order valence-electron chi connectivity index (χ1n) is 10.7. The van der Waals surface area contributed by atoms with E-state index in [0.29, 0.717) is 43.5 Å². The summed E-state index contributed by atoms with van der Waals surface area (Å²) in [6.07, 6.45) is 1.65. The molecule has 0 aliphatic carbocycles. The van der Waals surface area contributed by atoms with Gasteiger partial charge in [-0.1, -0.05) is 35.9 Å². The van der Waals surface area contributed by atoms with E-state index < -0.39 is 0 Å². The average molecular weight is 433 g/mol. The normalized spacial score (nSPS) is 13.5. The molecule has 6 nitrogen and oxygen atoms in total. The van der Waals surface area contributed by atoms with Crippen LogP contribution in [-0.4, -0.2) is 43.1 Å². The van der Waals surface area contributed by atoms with E-state index in [-0.39, 0.29) is 11.8 Å². The van der Waals surface area contributed by atoms with Crippen molar-refractivity contribution in [1.29, 1.82) is 0 Å². The number of hydrogen-bond acceptors (Lipinski definition) is 5. The molecule has 0 unspecified atom stereocenters. The maximum absolute atomic E-state index is 12.8. The Morgan fingerprint density at radius 2 is 1.75 bits per heavy atom. The first-order chi connectivity index (χ1) is 15.6. The van der Waals surface area contributed by atoms with Crippen molar-refractivity contribution >= 4 is 5.91 Å². The van der Waals surface area contributed by atoms with Crippen LogP contribution in [0.1, 0.15) is 38.7 Å². The van der Waals surface area contributed by atoms with Gasteiger partial charge >= 0.3 is 0 Å². The number of amides is 1. The van der Waals surface area contributed by atoms with Crippen molar-refractivity contribution < 1.29 is 19.0 Å². The van der Waals surface area contributed by atoms with Crippen molar-refractivity contribution in [2.45, 2.75) is 26.1 Å². The second kappa shape index (κ2) is 9.83. The fourth-order valence-corrected chi connectivity index (χ4v) is 3.77. The summed E-state index contributed by atoms with van der Waals surface area (Å²) < 4.78 is 16.7. The molecule has 1 aliphatic rings. The smallest absolute Gasteiger partial charge is 0.272 e. The van der Waals surface area contributed by atoms with E-state index in [0.717, 1.165) is 16.7 Å². The molecule has 0 atom stereocenters. The van der Waals surface area contributed by atoms with Crippen molar-refractivity contribution in [1.82, 2.24) is 9.88 Å². The van der Waals surface area contributed by atoms with Crippen LogP contribution in [0.15, 0.2) is 60.8 Å². The highest BCUT2D eigenvalue weighted by molar-refractivity contribution is 5.93. The van der Waals surface area contributed by atoms with Gasteiger partial charge in [0, 0.05) is 32.3 Å². The highest BCUT2D eigenvalue weighted by atomic mass is 16.5. The standard InChI is InChI=1S/C26H28N2O4/c1-18-4-6-19(7-5-18)17-32-24-9-8-21(13-25(24)31-3)22-14-28(15-22)26(29)23-12-20(16-30-2)10-11-27-23/h4-13,22H,14-17H2,1-3H3. The third-order valence-corrected chi connectivity index (χ3v) is 5.70. The molecule has 32 heavy (non-hydrogen) atoms. The lowest BCUT2D eigenvalue weighted by molar-refractivity contribution is 0.0595. The first-order valence-corrected chi connectivity index (χ1v) is 10.7. The topological polar surface area (TPSA) is 60.9 Å².